The lowest BCUT2D eigenvalue weighted by atomic mass is 10.2. The predicted molar refractivity (Wildman–Crippen MR) is 40.0 cm³/mol. The summed E-state index contributed by atoms with van der Waals surface area (Å²) in [7, 11) is 0. The minimum atomic E-state index is -0.256. The van der Waals surface area contributed by atoms with Gasteiger partial charge in [0.25, 0.3) is 0 Å². The lowest BCUT2D eigenvalue weighted by molar-refractivity contribution is -0.143. The van der Waals surface area contributed by atoms with Crippen molar-refractivity contribution in [1.29, 1.82) is 0 Å². The Kier molecular flexibility index (Phi) is 3.36. The second kappa shape index (κ2) is 4.34. The number of carbonyl (C=O) groups is 1. The van der Waals surface area contributed by atoms with Gasteiger partial charge in [-0.15, -0.1) is 0 Å². The lowest BCUT2D eigenvalue weighted by Crippen LogP contribution is -2.07. The number of carbonyl (C=O) groups excluding carboxylic acids is 1. The van der Waals surface area contributed by atoms with E-state index in [4.69, 9.17) is 9.47 Å². The van der Waals surface area contributed by atoms with E-state index in [1.165, 1.54) is 12.8 Å². The molecule has 1 saturated heterocycles. The van der Waals surface area contributed by atoms with Gasteiger partial charge in [0, 0.05) is 6.42 Å². The summed E-state index contributed by atoms with van der Waals surface area (Å²) in [4.78, 5) is 10.5. The third-order valence-corrected chi connectivity index (χ3v) is 1.69. The number of cyclic esters (lactones) is 1. The van der Waals surface area contributed by atoms with Crippen molar-refractivity contribution in [3.05, 3.63) is 0 Å². The molecule has 0 N–H and O–H groups in total. The molecular weight excluding hydrogens is 144 g/mol. The van der Waals surface area contributed by atoms with Gasteiger partial charge in [0.15, 0.2) is 0 Å². The summed E-state index contributed by atoms with van der Waals surface area (Å²) in [6.45, 7) is 2.28. The number of hydrogen-bond acceptors (Lipinski definition) is 3. The zero-order valence-electron chi connectivity index (χ0n) is 6.84. The average Bonchev–Trinajstić information content (AvgIpc) is 2.37. The summed E-state index contributed by atoms with van der Waals surface area (Å²) in [6.07, 6.45) is 4.03. The minimum Gasteiger partial charge on any atom is -0.434 e. The quantitative estimate of drug-likeness (QED) is 0.459. The van der Waals surface area contributed by atoms with E-state index in [-0.39, 0.29) is 18.9 Å². The molecule has 0 radical (unpaired) electrons. The Labute approximate surface area is 66.7 Å². The molecule has 3 nitrogen and oxygen atoms in total. The topological polar surface area (TPSA) is 35.5 Å². The van der Waals surface area contributed by atoms with Gasteiger partial charge in [-0.25, -0.2) is 4.79 Å². The molecule has 1 atom stereocenters. The van der Waals surface area contributed by atoms with E-state index in [0.717, 1.165) is 12.8 Å². The Morgan fingerprint density at radius 1 is 1.55 bits per heavy atom. The van der Waals surface area contributed by atoms with Gasteiger partial charge in [0.2, 0.25) is 6.29 Å². The van der Waals surface area contributed by atoms with E-state index < -0.39 is 0 Å². The molecular formula is C8H14O3. The van der Waals surface area contributed by atoms with Crippen molar-refractivity contribution in [2.75, 3.05) is 6.61 Å². The summed E-state index contributed by atoms with van der Waals surface area (Å²) in [5.41, 5.74) is 0. The number of ether oxygens (including phenoxy) is 2. The first-order chi connectivity index (χ1) is 5.33. The van der Waals surface area contributed by atoms with Gasteiger partial charge in [0.1, 0.15) is 6.61 Å². The van der Waals surface area contributed by atoms with Crippen LogP contribution >= 0.6 is 0 Å². The van der Waals surface area contributed by atoms with Gasteiger partial charge in [-0.2, -0.15) is 0 Å². The van der Waals surface area contributed by atoms with Crippen LogP contribution in [-0.4, -0.2) is 18.9 Å². The second-order valence-electron chi connectivity index (χ2n) is 2.73. The van der Waals surface area contributed by atoms with Crippen LogP contribution in [0.4, 0.5) is 0 Å². The smallest absolute Gasteiger partial charge is 0.334 e. The molecule has 11 heavy (non-hydrogen) atoms. The Morgan fingerprint density at radius 2 is 2.36 bits per heavy atom. The van der Waals surface area contributed by atoms with Crippen LogP contribution in [0.25, 0.3) is 0 Å². The molecule has 64 valence electrons. The molecule has 0 aromatic carbocycles. The van der Waals surface area contributed by atoms with Gasteiger partial charge >= 0.3 is 5.97 Å². The van der Waals surface area contributed by atoms with E-state index >= 15 is 0 Å². The maximum Gasteiger partial charge on any atom is 0.334 e. The van der Waals surface area contributed by atoms with Crippen LogP contribution in [0, 0.1) is 0 Å². The average molecular weight is 158 g/mol. The standard InChI is InChI=1S/C8H14O3/c1-2-3-4-5-8-10-6-7(9)11-8/h8H,2-6H2,1H3. The highest BCUT2D eigenvalue weighted by Gasteiger charge is 2.22. The molecule has 0 bridgehead atoms. The predicted octanol–water partition coefficient (Wildman–Crippen LogP) is 1.47. The van der Waals surface area contributed by atoms with E-state index in [9.17, 15) is 4.79 Å². The zero-order valence-corrected chi connectivity index (χ0v) is 6.84. The van der Waals surface area contributed by atoms with Gasteiger partial charge in [0.05, 0.1) is 0 Å². The highest BCUT2D eigenvalue weighted by molar-refractivity contribution is 5.72. The summed E-state index contributed by atoms with van der Waals surface area (Å²) in [5, 5.41) is 0. The van der Waals surface area contributed by atoms with E-state index in [0.29, 0.717) is 0 Å². The monoisotopic (exact) mass is 158 g/mol. The number of hydrogen-bond donors (Lipinski definition) is 0. The normalized spacial score (nSPS) is 23.7. The third-order valence-electron chi connectivity index (χ3n) is 1.69. The Hall–Kier alpha value is -0.570. The lowest BCUT2D eigenvalue weighted by Gasteiger charge is -2.06. The number of rotatable bonds is 4. The first kappa shape index (κ1) is 8.53. The van der Waals surface area contributed by atoms with E-state index in [1.807, 2.05) is 0 Å². The van der Waals surface area contributed by atoms with Crippen molar-refractivity contribution in [1.82, 2.24) is 0 Å². The molecule has 1 aliphatic rings. The van der Waals surface area contributed by atoms with Crippen LogP contribution in [0.2, 0.25) is 0 Å². The largest absolute Gasteiger partial charge is 0.434 e. The van der Waals surface area contributed by atoms with Crippen LogP contribution < -0.4 is 0 Å². The van der Waals surface area contributed by atoms with Gasteiger partial charge in [-0.05, 0) is 6.42 Å². The van der Waals surface area contributed by atoms with Crippen LogP contribution in [0.15, 0.2) is 0 Å². The zero-order chi connectivity index (χ0) is 8.10. The third kappa shape index (κ3) is 2.89. The molecule has 3 heteroatoms. The van der Waals surface area contributed by atoms with Crippen molar-refractivity contribution in [3.63, 3.8) is 0 Å². The number of unbranched alkanes of at least 4 members (excludes halogenated alkanes) is 2. The maximum absolute atomic E-state index is 10.5. The summed E-state index contributed by atoms with van der Waals surface area (Å²) in [5.74, 6) is -0.230. The van der Waals surface area contributed by atoms with E-state index in [1.54, 1.807) is 0 Å². The minimum absolute atomic E-state index is 0.136. The van der Waals surface area contributed by atoms with Gasteiger partial charge in [-0.1, -0.05) is 19.8 Å². The van der Waals surface area contributed by atoms with Crippen LogP contribution in [0.3, 0.4) is 0 Å². The molecule has 0 saturated carbocycles. The Morgan fingerprint density at radius 3 is 2.91 bits per heavy atom. The molecule has 0 spiro atoms. The maximum atomic E-state index is 10.5. The van der Waals surface area contributed by atoms with Crippen molar-refractivity contribution in [3.8, 4) is 0 Å². The van der Waals surface area contributed by atoms with Crippen molar-refractivity contribution in [2.24, 2.45) is 0 Å². The fourth-order valence-electron chi connectivity index (χ4n) is 1.08. The molecule has 1 fully saturated rings. The molecule has 1 rings (SSSR count). The molecule has 1 unspecified atom stereocenters. The summed E-state index contributed by atoms with van der Waals surface area (Å²) >= 11 is 0. The summed E-state index contributed by atoms with van der Waals surface area (Å²) in [6, 6.07) is 0. The Bertz CT molecular complexity index is 133. The molecule has 0 aromatic rings. The first-order valence-electron chi connectivity index (χ1n) is 4.14. The molecule has 1 aliphatic heterocycles. The van der Waals surface area contributed by atoms with Crippen LogP contribution in [0.1, 0.15) is 32.6 Å². The highest BCUT2D eigenvalue weighted by atomic mass is 16.7. The fraction of sp³-hybridized carbons (Fsp3) is 0.875. The van der Waals surface area contributed by atoms with Gasteiger partial charge < -0.3 is 9.47 Å². The summed E-state index contributed by atoms with van der Waals surface area (Å²) < 4.78 is 9.89. The fourth-order valence-corrected chi connectivity index (χ4v) is 1.08. The van der Waals surface area contributed by atoms with Gasteiger partial charge in [-0.3, -0.25) is 0 Å². The molecule has 0 aliphatic carbocycles. The van der Waals surface area contributed by atoms with Crippen LogP contribution in [0.5, 0.6) is 0 Å². The van der Waals surface area contributed by atoms with E-state index in [2.05, 4.69) is 6.92 Å². The molecule has 0 aromatic heterocycles. The van der Waals surface area contributed by atoms with Crippen molar-refractivity contribution >= 4 is 5.97 Å². The van der Waals surface area contributed by atoms with Crippen molar-refractivity contribution < 1.29 is 14.3 Å². The molecule has 0 amide bonds. The molecule has 1 heterocycles. The van der Waals surface area contributed by atoms with Crippen LogP contribution in [-0.2, 0) is 14.3 Å². The first-order valence-corrected chi connectivity index (χ1v) is 4.14. The number of esters is 1. The second-order valence-corrected chi connectivity index (χ2v) is 2.73. The Balaban J connectivity index is 2.04. The SMILES string of the molecule is CCCCCC1OCC(=O)O1. The highest BCUT2D eigenvalue weighted by Crippen LogP contribution is 2.12. The van der Waals surface area contributed by atoms with Crippen molar-refractivity contribution in [2.45, 2.75) is 38.9 Å².